The lowest BCUT2D eigenvalue weighted by Crippen LogP contribution is -2.01. The standard InChI is InChI=1S/C9H13FO.C8H17N/c1-7(11)4-3-5-8-6-9(8,2)10;1-4-6-8(9-3)7-5-2/h3-4,8H,5-6H2,1-2H3;8H,3-7H2,1-2H3/b4-3+;. The fourth-order valence-corrected chi connectivity index (χ4v) is 2.14. The summed E-state index contributed by atoms with van der Waals surface area (Å²) in [5.74, 6) is 0.185. The number of carbonyl (C=O) groups is 1. The summed E-state index contributed by atoms with van der Waals surface area (Å²) in [6.07, 6.45) is 9.48. The maximum absolute atomic E-state index is 12.9. The Labute approximate surface area is 123 Å². The zero-order valence-corrected chi connectivity index (χ0v) is 13.5. The first-order valence-electron chi connectivity index (χ1n) is 7.69. The Hall–Kier alpha value is -0.990. The van der Waals surface area contributed by atoms with Crippen molar-refractivity contribution in [3.05, 3.63) is 12.2 Å². The lowest BCUT2D eigenvalue weighted by Gasteiger charge is -2.06. The molecule has 116 valence electrons. The highest BCUT2D eigenvalue weighted by Gasteiger charge is 2.49. The molecule has 2 unspecified atom stereocenters. The highest BCUT2D eigenvalue weighted by atomic mass is 19.1. The first-order chi connectivity index (χ1) is 9.37. The largest absolute Gasteiger partial charge is 0.298 e. The van der Waals surface area contributed by atoms with Gasteiger partial charge < -0.3 is 0 Å². The van der Waals surface area contributed by atoms with E-state index in [2.05, 4.69) is 25.6 Å². The van der Waals surface area contributed by atoms with Crippen LogP contribution >= 0.6 is 0 Å². The first kappa shape index (κ1) is 19.0. The minimum atomic E-state index is -0.957. The molecule has 1 fully saturated rings. The van der Waals surface area contributed by atoms with Crippen molar-refractivity contribution >= 4 is 12.5 Å². The molecule has 0 bridgehead atoms. The molecule has 0 radical (unpaired) electrons. The van der Waals surface area contributed by atoms with Gasteiger partial charge in [0.2, 0.25) is 0 Å². The summed E-state index contributed by atoms with van der Waals surface area (Å²) in [6, 6.07) is 0.528. The highest BCUT2D eigenvalue weighted by molar-refractivity contribution is 5.87. The monoisotopic (exact) mass is 283 g/mol. The van der Waals surface area contributed by atoms with Crippen LogP contribution in [0.3, 0.4) is 0 Å². The second-order valence-corrected chi connectivity index (χ2v) is 5.84. The molecule has 0 spiro atoms. The summed E-state index contributed by atoms with van der Waals surface area (Å²) >= 11 is 0. The second-order valence-electron chi connectivity index (χ2n) is 5.84. The third kappa shape index (κ3) is 9.00. The van der Waals surface area contributed by atoms with Crippen molar-refractivity contribution in [2.45, 2.75) is 77.9 Å². The van der Waals surface area contributed by atoms with E-state index in [4.69, 9.17) is 0 Å². The molecule has 2 atom stereocenters. The zero-order chi connectivity index (χ0) is 15.6. The Balaban J connectivity index is 0.000000370. The number of alkyl halides is 1. The number of halogens is 1. The molecule has 1 aliphatic carbocycles. The van der Waals surface area contributed by atoms with E-state index in [9.17, 15) is 9.18 Å². The van der Waals surface area contributed by atoms with Crippen molar-refractivity contribution in [3.8, 4) is 0 Å². The number of aliphatic imine (C=N–C) groups is 1. The van der Waals surface area contributed by atoms with Gasteiger partial charge in [0.05, 0.1) is 0 Å². The van der Waals surface area contributed by atoms with Crippen molar-refractivity contribution in [3.63, 3.8) is 0 Å². The second kappa shape index (κ2) is 9.84. The van der Waals surface area contributed by atoms with Crippen molar-refractivity contribution in [2.75, 3.05) is 0 Å². The van der Waals surface area contributed by atoms with Gasteiger partial charge in [-0.15, -0.1) is 0 Å². The van der Waals surface area contributed by atoms with Gasteiger partial charge in [0.15, 0.2) is 5.78 Å². The Morgan fingerprint density at radius 1 is 1.45 bits per heavy atom. The van der Waals surface area contributed by atoms with Gasteiger partial charge in [-0.05, 0) is 58.2 Å². The average molecular weight is 283 g/mol. The van der Waals surface area contributed by atoms with Crippen LogP contribution in [0.4, 0.5) is 4.39 Å². The fraction of sp³-hybridized carbons (Fsp3) is 0.765. The third-order valence-corrected chi connectivity index (χ3v) is 3.61. The lowest BCUT2D eigenvalue weighted by atomic mass is 10.1. The summed E-state index contributed by atoms with van der Waals surface area (Å²) in [5.41, 5.74) is -0.957. The van der Waals surface area contributed by atoms with Gasteiger partial charge in [0.1, 0.15) is 5.67 Å². The molecule has 3 heteroatoms. The van der Waals surface area contributed by atoms with E-state index in [1.54, 1.807) is 13.0 Å². The number of allylic oxidation sites excluding steroid dienone is 2. The SMILES string of the molecule is C=NC(CCC)CCC.CC(=O)/C=C/CC1CC1(C)F. The minimum absolute atomic E-state index is 0.0335. The predicted octanol–water partition coefficient (Wildman–Crippen LogP) is 4.93. The maximum atomic E-state index is 12.9. The molecule has 1 saturated carbocycles. The number of hydrogen-bond acceptors (Lipinski definition) is 2. The Morgan fingerprint density at radius 2 is 1.95 bits per heavy atom. The van der Waals surface area contributed by atoms with Crippen LogP contribution in [-0.4, -0.2) is 24.2 Å². The molecule has 0 heterocycles. The van der Waals surface area contributed by atoms with E-state index in [-0.39, 0.29) is 11.7 Å². The Kier molecular flexibility index (Phi) is 9.35. The van der Waals surface area contributed by atoms with E-state index < -0.39 is 5.67 Å². The quantitative estimate of drug-likeness (QED) is 0.459. The molecule has 0 amide bonds. The predicted molar refractivity (Wildman–Crippen MR) is 85.2 cm³/mol. The van der Waals surface area contributed by atoms with E-state index in [1.807, 2.05) is 0 Å². The first-order valence-corrected chi connectivity index (χ1v) is 7.69. The van der Waals surface area contributed by atoms with Gasteiger partial charge in [-0.25, -0.2) is 4.39 Å². The average Bonchev–Trinajstić information content (AvgIpc) is 2.97. The van der Waals surface area contributed by atoms with Crippen LogP contribution in [0.1, 0.15) is 66.2 Å². The Bertz CT molecular complexity index is 317. The van der Waals surface area contributed by atoms with Gasteiger partial charge >= 0.3 is 0 Å². The summed E-state index contributed by atoms with van der Waals surface area (Å²) < 4.78 is 12.9. The van der Waals surface area contributed by atoms with Gasteiger partial charge in [0, 0.05) is 6.04 Å². The van der Waals surface area contributed by atoms with Crippen molar-refractivity contribution in [1.82, 2.24) is 0 Å². The molecule has 0 aromatic rings. The van der Waals surface area contributed by atoms with Gasteiger partial charge in [0.25, 0.3) is 0 Å². The number of ketones is 1. The van der Waals surface area contributed by atoms with Crippen LogP contribution in [0, 0.1) is 5.92 Å². The zero-order valence-electron chi connectivity index (χ0n) is 13.5. The molecule has 1 rings (SSSR count). The number of hydrogen-bond donors (Lipinski definition) is 0. The molecule has 0 N–H and O–H groups in total. The van der Waals surface area contributed by atoms with E-state index in [0.29, 0.717) is 18.9 Å². The van der Waals surface area contributed by atoms with Crippen molar-refractivity contribution in [2.24, 2.45) is 10.9 Å². The lowest BCUT2D eigenvalue weighted by molar-refractivity contribution is -0.112. The van der Waals surface area contributed by atoms with Crippen molar-refractivity contribution in [1.29, 1.82) is 0 Å². The minimum Gasteiger partial charge on any atom is -0.298 e. The third-order valence-electron chi connectivity index (χ3n) is 3.61. The number of carbonyl (C=O) groups excluding carboxylic acids is 1. The molecular weight excluding hydrogens is 253 g/mol. The van der Waals surface area contributed by atoms with E-state index in [0.717, 1.165) is 0 Å². The van der Waals surface area contributed by atoms with E-state index in [1.165, 1.54) is 38.7 Å². The molecule has 0 aliphatic heterocycles. The van der Waals surface area contributed by atoms with Crippen LogP contribution in [0.5, 0.6) is 0 Å². The fourth-order valence-electron chi connectivity index (χ4n) is 2.14. The normalized spacial score (nSPS) is 24.4. The van der Waals surface area contributed by atoms with Gasteiger partial charge in [-0.2, -0.15) is 0 Å². The number of nitrogens with zero attached hydrogens (tertiary/aromatic N) is 1. The molecular formula is C17H30FNO. The summed E-state index contributed by atoms with van der Waals surface area (Å²) in [5, 5.41) is 0. The molecule has 2 nitrogen and oxygen atoms in total. The van der Waals surface area contributed by atoms with Crippen LogP contribution < -0.4 is 0 Å². The van der Waals surface area contributed by atoms with Crippen LogP contribution in [0.2, 0.25) is 0 Å². The van der Waals surface area contributed by atoms with Crippen LogP contribution in [0.15, 0.2) is 17.1 Å². The molecule has 1 aliphatic rings. The smallest absolute Gasteiger partial charge is 0.152 e. The maximum Gasteiger partial charge on any atom is 0.152 e. The summed E-state index contributed by atoms with van der Waals surface area (Å²) in [7, 11) is 0. The van der Waals surface area contributed by atoms with Gasteiger partial charge in [-0.1, -0.05) is 32.8 Å². The summed E-state index contributed by atoms with van der Waals surface area (Å²) in [4.78, 5) is 14.4. The molecule has 0 saturated heterocycles. The molecule has 0 aromatic heterocycles. The van der Waals surface area contributed by atoms with E-state index >= 15 is 0 Å². The topological polar surface area (TPSA) is 29.4 Å². The summed E-state index contributed by atoms with van der Waals surface area (Å²) in [6.45, 7) is 11.0. The number of rotatable bonds is 8. The Morgan fingerprint density at radius 3 is 2.25 bits per heavy atom. The van der Waals surface area contributed by atoms with Crippen LogP contribution in [0.25, 0.3) is 0 Å². The van der Waals surface area contributed by atoms with Gasteiger partial charge in [-0.3, -0.25) is 9.79 Å². The highest BCUT2D eigenvalue weighted by Crippen LogP contribution is 2.48. The molecule has 20 heavy (non-hydrogen) atoms. The molecule has 0 aromatic carbocycles. The van der Waals surface area contributed by atoms with Crippen molar-refractivity contribution < 1.29 is 9.18 Å². The van der Waals surface area contributed by atoms with Crippen LogP contribution in [-0.2, 0) is 4.79 Å².